The van der Waals surface area contributed by atoms with Crippen LogP contribution in [-0.2, 0) is 0 Å². The molecule has 0 heterocycles. The minimum absolute atomic E-state index is 0.530. The minimum atomic E-state index is 0.530. The number of thioether (sulfide) groups is 1. The van der Waals surface area contributed by atoms with Gasteiger partial charge in [0.15, 0.2) is 0 Å². The molecular weight excluding hydrogens is 232 g/mol. The molecule has 1 rings (SSSR count). The normalized spacial score (nSPS) is 10.8. The number of hydrogen-bond acceptors (Lipinski definition) is 4. The van der Waals surface area contributed by atoms with E-state index in [-0.39, 0.29) is 0 Å². The van der Waals surface area contributed by atoms with Crippen LogP contribution in [0, 0.1) is 0 Å². The summed E-state index contributed by atoms with van der Waals surface area (Å²) in [5, 5.41) is 3.38. The van der Waals surface area contributed by atoms with Crippen molar-refractivity contribution >= 4 is 17.4 Å². The Morgan fingerprint density at radius 3 is 2.82 bits per heavy atom. The standard InChI is InChI=1S/C13H22N2OS/c1-4-16-11-5-6-12(14)13(9-11)17-8-7-15-10(2)3/h5-6,9-10,15H,4,7-8,14H2,1-3H3. The number of nitrogen functional groups attached to an aromatic ring is 1. The Balaban J connectivity index is 2.48. The van der Waals surface area contributed by atoms with Crippen LogP contribution in [0.5, 0.6) is 5.75 Å². The fourth-order valence-corrected chi connectivity index (χ4v) is 2.28. The van der Waals surface area contributed by atoms with Crippen molar-refractivity contribution in [2.75, 3.05) is 24.6 Å². The lowest BCUT2D eigenvalue weighted by atomic mass is 10.3. The van der Waals surface area contributed by atoms with E-state index in [9.17, 15) is 0 Å². The maximum Gasteiger partial charge on any atom is 0.120 e. The fourth-order valence-electron chi connectivity index (χ4n) is 1.40. The first-order valence-electron chi connectivity index (χ1n) is 6.02. The van der Waals surface area contributed by atoms with E-state index in [1.54, 1.807) is 11.8 Å². The molecule has 3 N–H and O–H groups in total. The molecule has 1 aromatic carbocycles. The van der Waals surface area contributed by atoms with Crippen molar-refractivity contribution in [3.8, 4) is 5.75 Å². The predicted molar refractivity (Wildman–Crippen MR) is 75.9 cm³/mol. The van der Waals surface area contributed by atoms with Gasteiger partial charge in [0.25, 0.3) is 0 Å². The van der Waals surface area contributed by atoms with Crippen molar-refractivity contribution < 1.29 is 4.74 Å². The summed E-state index contributed by atoms with van der Waals surface area (Å²) < 4.78 is 5.46. The highest BCUT2D eigenvalue weighted by Crippen LogP contribution is 2.28. The van der Waals surface area contributed by atoms with Crippen molar-refractivity contribution in [3.05, 3.63) is 18.2 Å². The molecule has 4 heteroatoms. The maximum absolute atomic E-state index is 5.93. The van der Waals surface area contributed by atoms with E-state index < -0.39 is 0 Å². The molecule has 96 valence electrons. The van der Waals surface area contributed by atoms with Crippen molar-refractivity contribution in [1.29, 1.82) is 0 Å². The molecule has 0 bridgehead atoms. The first-order valence-corrected chi connectivity index (χ1v) is 7.00. The van der Waals surface area contributed by atoms with E-state index in [2.05, 4.69) is 19.2 Å². The fraction of sp³-hybridized carbons (Fsp3) is 0.538. The maximum atomic E-state index is 5.93. The van der Waals surface area contributed by atoms with Crippen LogP contribution in [-0.4, -0.2) is 24.9 Å². The van der Waals surface area contributed by atoms with Gasteiger partial charge in [0.2, 0.25) is 0 Å². The summed E-state index contributed by atoms with van der Waals surface area (Å²) in [6, 6.07) is 6.36. The van der Waals surface area contributed by atoms with Gasteiger partial charge in [-0.1, -0.05) is 13.8 Å². The highest BCUT2D eigenvalue weighted by Gasteiger charge is 2.02. The molecule has 0 aliphatic rings. The lowest BCUT2D eigenvalue weighted by Gasteiger charge is -2.10. The monoisotopic (exact) mass is 254 g/mol. The zero-order chi connectivity index (χ0) is 12.7. The van der Waals surface area contributed by atoms with Crippen molar-refractivity contribution in [3.63, 3.8) is 0 Å². The van der Waals surface area contributed by atoms with Crippen LogP contribution in [0.1, 0.15) is 20.8 Å². The van der Waals surface area contributed by atoms with Gasteiger partial charge in [-0.25, -0.2) is 0 Å². The Kier molecular flexibility index (Phi) is 6.22. The summed E-state index contributed by atoms with van der Waals surface area (Å²) in [6.07, 6.45) is 0. The van der Waals surface area contributed by atoms with Crippen LogP contribution in [0.25, 0.3) is 0 Å². The van der Waals surface area contributed by atoms with Gasteiger partial charge in [-0.05, 0) is 25.1 Å². The third-order valence-electron chi connectivity index (χ3n) is 2.21. The van der Waals surface area contributed by atoms with E-state index in [1.807, 2.05) is 25.1 Å². The van der Waals surface area contributed by atoms with Gasteiger partial charge >= 0.3 is 0 Å². The van der Waals surface area contributed by atoms with Crippen LogP contribution in [0.15, 0.2) is 23.1 Å². The van der Waals surface area contributed by atoms with E-state index in [4.69, 9.17) is 10.5 Å². The Labute approximate surface area is 108 Å². The molecule has 0 atom stereocenters. The zero-order valence-corrected chi connectivity index (χ0v) is 11.6. The van der Waals surface area contributed by atoms with Crippen LogP contribution < -0.4 is 15.8 Å². The number of benzene rings is 1. The number of rotatable bonds is 7. The topological polar surface area (TPSA) is 47.3 Å². The minimum Gasteiger partial charge on any atom is -0.494 e. The van der Waals surface area contributed by atoms with E-state index in [0.717, 1.165) is 28.6 Å². The Morgan fingerprint density at radius 1 is 1.41 bits per heavy atom. The second-order valence-corrected chi connectivity index (χ2v) is 5.23. The van der Waals surface area contributed by atoms with Gasteiger partial charge in [0, 0.05) is 28.9 Å². The van der Waals surface area contributed by atoms with Gasteiger partial charge in [0.05, 0.1) is 6.61 Å². The van der Waals surface area contributed by atoms with Gasteiger partial charge in [0.1, 0.15) is 5.75 Å². The summed E-state index contributed by atoms with van der Waals surface area (Å²) in [5.74, 6) is 1.90. The van der Waals surface area contributed by atoms with Gasteiger partial charge in [-0.15, -0.1) is 11.8 Å². The lowest BCUT2D eigenvalue weighted by Crippen LogP contribution is -2.24. The van der Waals surface area contributed by atoms with Crippen molar-refractivity contribution in [2.45, 2.75) is 31.7 Å². The van der Waals surface area contributed by atoms with Crippen molar-refractivity contribution in [1.82, 2.24) is 5.32 Å². The zero-order valence-electron chi connectivity index (χ0n) is 10.8. The first kappa shape index (κ1) is 14.2. The molecule has 0 unspecified atom stereocenters. The highest BCUT2D eigenvalue weighted by molar-refractivity contribution is 7.99. The van der Waals surface area contributed by atoms with E-state index in [0.29, 0.717) is 12.6 Å². The van der Waals surface area contributed by atoms with E-state index >= 15 is 0 Å². The third kappa shape index (κ3) is 5.33. The second kappa shape index (κ2) is 7.45. The molecule has 0 aliphatic carbocycles. The number of ether oxygens (including phenoxy) is 1. The van der Waals surface area contributed by atoms with Gasteiger partial charge < -0.3 is 15.8 Å². The number of nitrogens with one attached hydrogen (secondary N) is 1. The largest absolute Gasteiger partial charge is 0.494 e. The molecule has 17 heavy (non-hydrogen) atoms. The smallest absolute Gasteiger partial charge is 0.120 e. The second-order valence-electron chi connectivity index (χ2n) is 4.09. The SMILES string of the molecule is CCOc1ccc(N)c(SCCNC(C)C)c1. The van der Waals surface area contributed by atoms with Crippen LogP contribution in [0.3, 0.4) is 0 Å². The van der Waals surface area contributed by atoms with Crippen LogP contribution >= 0.6 is 11.8 Å². The van der Waals surface area contributed by atoms with E-state index in [1.165, 1.54) is 0 Å². The summed E-state index contributed by atoms with van der Waals surface area (Å²) in [7, 11) is 0. The predicted octanol–water partition coefficient (Wildman–Crippen LogP) is 2.76. The first-order chi connectivity index (χ1) is 8.13. The molecule has 0 spiro atoms. The van der Waals surface area contributed by atoms with Gasteiger partial charge in [-0.3, -0.25) is 0 Å². The number of hydrogen-bond donors (Lipinski definition) is 2. The quantitative estimate of drug-likeness (QED) is 0.446. The highest BCUT2D eigenvalue weighted by atomic mass is 32.2. The molecule has 0 saturated carbocycles. The molecular formula is C13H22N2OS. The van der Waals surface area contributed by atoms with Gasteiger partial charge in [-0.2, -0.15) is 0 Å². The average Bonchev–Trinajstić information content (AvgIpc) is 2.28. The van der Waals surface area contributed by atoms with Crippen LogP contribution in [0.2, 0.25) is 0 Å². The summed E-state index contributed by atoms with van der Waals surface area (Å²) in [6.45, 7) is 7.95. The molecule has 0 aromatic heterocycles. The number of nitrogens with two attached hydrogens (primary N) is 1. The number of anilines is 1. The van der Waals surface area contributed by atoms with Crippen LogP contribution in [0.4, 0.5) is 5.69 Å². The molecule has 1 aromatic rings. The molecule has 0 saturated heterocycles. The Hall–Kier alpha value is -0.870. The molecule has 0 fully saturated rings. The lowest BCUT2D eigenvalue weighted by molar-refractivity contribution is 0.339. The average molecular weight is 254 g/mol. The molecule has 0 radical (unpaired) electrons. The summed E-state index contributed by atoms with van der Waals surface area (Å²) in [4.78, 5) is 1.10. The molecule has 0 aliphatic heterocycles. The summed E-state index contributed by atoms with van der Waals surface area (Å²) >= 11 is 1.76. The summed E-state index contributed by atoms with van der Waals surface area (Å²) in [5.41, 5.74) is 6.75. The third-order valence-corrected chi connectivity index (χ3v) is 3.28. The molecule has 0 amide bonds. The Morgan fingerprint density at radius 2 is 2.18 bits per heavy atom. The Bertz CT molecular complexity index is 342. The molecule has 3 nitrogen and oxygen atoms in total. The van der Waals surface area contributed by atoms with Crippen molar-refractivity contribution in [2.24, 2.45) is 0 Å².